The van der Waals surface area contributed by atoms with Crippen molar-refractivity contribution < 1.29 is 4.74 Å². The first-order valence-corrected chi connectivity index (χ1v) is 8.57. The molecule has 2 aromatic carbocycles. The van der Waals surface area contributed by atoms with Gasteiger partial charge in [0.1, 0.15) is 6.61 Å². The van der Waals surface area contributed by atoms with Gasteiger partial charge in [0.05, 0.1) is 0 Å². The van der Waals surface area contributed by atoms with E-state index in [1.807, 2.05) is 20.2 Å². The van der Waals surface area contributed by atoms with Crippen LogP contribution >= 0.6 is 0 Å². The minimum atomic E-state index is 0.403. The van der Waals surface area contributed by atoms with Crippen LogP contribution in [0.2, 0.25) is 0 Å². The van der Waals surface area contributed by atoms with Crippen LogP contribution in [0.3, 0.4) is 0 Å². The molecule has 130 valence electrons. The van der Waals surface area contributed by atoms with Crippen LogP contribution in [0.1, 0.15) is 19.4 Å². The molecule has 4 nitrogen and oxygen atoms in total. The lowest BCUT2D eigenvalue weighted by molar-refractivity contribution is 0.298. The Labute approximate surface area is 149 Å². The van der Waals surface area contributed by atoms with Gasteiger partial charge in [0.15, 0.2) is 0 Å². The Balaban J connectivity index is 1.77. The third-order valence-corrected chi connectivity index (χ3v) is 4.01. The first-order chi connectivity index (χ1) is 12.0. The Morgan fingerprint density at radius 2 is 1.80 bits per heavy atom. The van der Waals surface area contributed by atoms with E-state index in [2.05, 4.69) is 71.5 Å². The second-order valence-electron chi connectivity index (χ2n) is 6.70. The molecule has 0 fully saturated rings. The molecule has 0 saturated carbocycles. The fraction of sp³-hybridized carbons (Fsp3) is 0.286. The van der Waals surface area contributed by atoms with E-state index in [1.54, 1.807) is 6.20 Å². The Morgan fingerprint density at radius 3 is 2.48 bits per heavy atom. The number of hydrogen-bond acceptors (Lipinski definition) is 4. The molecule has 25 heavy (non-hydrogen) atoms. The van der Waals surface area contributed by atoms with E-state index in [-0.39, 0.29) is 0 Å². The zero-order chi connectivity index (χ0) is 17.8. The maximum absolute atomic E-state index is 5.98. The zero-order valence-electron chi connectivity index (χ0n) is 15.3. The van der Waals surface area contributed by atoms with Gasteiger partial charge in [-0.1, -0.05) is 12.1 Å². The molecule has 1 aromatic heterocycles. The minimum Gasteiger partial charge on any atom is -0.472 e. The molecule has 1 heterocycles. The second-order valence-corrected chi connectivity index (χ2v) is 6.70. The predicted octanol–water partition coefficient (Wildman–Crippen LogP) is 4.70. The van der Waals surface area contributed by atoms with Gasteiger partial charge >= 0.3 is 0 Å². The molecular formula is C21H25N3O. The number of hydrogen-bond donors (Lipinski definition) is 1. The predicted molar refractivity (Wildman–Crippen MR) is 106 cm³/mol. The van der Waals surface area contributed by atoms with Gasteiger partial charge in [-0.05, 0) is 61.2 Å². The molecule has 0 aliphatic rings. The van der Waals surface area contributed by atoms with Crippen LogP contribution in [-0.2, 0) is 6.61 Å². The smallest absolute Gasteiger partial charge is 0.221 e. The largest absolute Gasteiger partial charge is 0.472 e. The van der Waals surface area contributed by atoms with Crippen molar-refractivity contribution in [3.05, 3.63) is 60.3 Å². The van der Waals surface area contributed by atoms with Crippen molar-refractivity contribution in [3.63, 3.8) is 0 Å². The van der Waals surface area contributed by atoms with Crippen LogP contribution in [0, 0.1) is 0 Å². The molecule has 0 bridgehead atoms. The number of nitrogens with zero attached hydrogens (tertiary/aromatic N) is 2. The SMILES string of the molecule is CC(C)Nc1ccc2c(OCc3ccc(N(C)C)cc3)nccc2c1. The summed E-state index contributed by atoms with van der Waals surface area (Å²) in [6, 6.07) is 17.1. The third-order valence-electron chi connectivity index (χ3n) is 4.01. The number of anilines is 2. The van der Waals surface area contributed by atoms with Crippen molar-refractivity contribution in [3.8, 4) is 5.88 Å². The van der Waals surface area contributed by atoms with Crippen LogP contribution < -0.4 is 15.0 Å². The van der Waals surface area contributed by atoms with Gasteiger partial charge < -0.3 is 15.0 Å². The van der Waals surface area contributed by atoms with Crippen LogP contribution in [0.25, 0.3) is 10.8 Å². The maximum atomic E-state index is 5.98. The van der Waals surface area contributed by atoms with Gasteiger partial charge in [0.25, 0.3) is 0 Å². The van der Waals surface area contributed by atoms with Crippen molar-refractivity contribution in [2.24, 2.45) is 0 Å². The summed E-state index contributed by atoms with van der Waals surface area (Å²) in [5.41, 5.74) is 3.42. The summed E-state index contributed by atoms with van der Waals surface area (Å²) in [5.74, 6) is 0.672. The van der Waals surface area contributed by atoms with Gasteiger partial charge in [-0.25, -0.2) is 4.98 Å². The van der Waals surface area contributed by atoms with Gasteiger partial charge in [-0.15, -0.1) is 0 Å². The van der Waals surface area contributed by atoms with Crippen LogP contribution in [0.15, 0.2) is 54.7 Å². The van der Waals surface area contributed by atoms with Gasteiger partial charge in [0, 0.05) is 43.1 Å². The maximum Gasteiger partial charge on any atom is 0.221 e. The molecule has 0 saturated heterocycles. The molecule has 3 rings (SSSR count). The lowest BCUT2D eigenvalue weighted by atomic mass is 10.1. The van der Waals surface area contributed by atoms with Crippen LogP contribution in [-0.4, -0.2) is 25.1 Å². The molecular weight excluding hydrogens is 310 g/mol. The minimum absolute atomic E-state index is 0.403. The lowest BCUT2D eigenvalue weighted by Crippen LogP contribution is -2.09. The van der Waals surface area contributed by atoms with E-state index >= 15 is 0 Å². The Kier molecular flexibility index (Phi) is 5.08. The summed E-state index contributed by atoms with van der Waals surface area (Å²) in [6.45, 7) is 4.77. The highest BCUT2D eigenvalue weighted by Gasteiger charge is 2.06. The lowest BCUT2D eigenvalue weighted by Gasteiger charge is -2.14. The molecule has 0 atom stereocenters. The Morgan fingerprint density at radius 1 is 1.04 bits per heavy atom. The number of ether oxygens (including phenoxy) is 1. The van der Waals surface area contributed by atoms with E-state index in [0.717, 1.165) is 22.0 Å². The summed E-state index contributed by atoms with van der Waals surface area (Å²) in [6.07, 6.45) is 1.80. The van der Waals surface area contributed by atoms with Crippen molar-refractivity contribution in [1.29, 1.82) is 0 Å². The number of benzene rings is 2. The monoisotopic (exact) mass is 335 g/mol. The topological polar surface area (TPSA) is 37.4 Å². The summed E-state index contributed by atoms with van der Waals surface area (Å²) >= 11 is 0. The number of aromatic nitrogens is 1. The summed E-state index contributed by atoms with van der Waals surface area (Å²) in [5, 5.41) is 5.58. The molecule has 1 N–H and O–H groups in total. The Bertz CT molecular complexity index is 841. The Hall–Kier alpha value is -2.75. The highest BCUT2D eigenvalue weighted by atomic mass is 16.5. The summed E-state index contributed by atoms with van der Waals surface area (Å²) in [4.78, 5) is 6.49. The standard InChI is InChI=1S/C21H25N3O/c1-15(2)23-18-7-10-20-17(13-18)11-12-22-21(20)25-14-16-5-8-19(9-6-16)24(3)4/h5-13,15,23H,14H2,1-4H3. The van der Waals surface area contributed by atoms with Gasteiger partial charge in [0.2, 0.25) is 5.88 Å². The highest BCUT2D eigenvalue weighted by molar-refractivity contribution is 5.89. The molecule has 0 amide bonds. The fourth-order valence-electron chi connectivity index (χ4n) is 2.73. The van der Waals surface area contributed by atoms with Crippen molar-refractivity contribution in [1.82, 2.24) is 4.98 Å². The van der Waals surface area contributed by atoms with Gasteiger partial charge in [-0.3, -0.25) is 0 Å². The summed E-state index contributed by atoms with van der Waals surface area (Å²) < 4.78 is 5.98. The second kappa shape index (κ2) is 7.43. The molecule has 0 unspecified atom stereocenters. The van der Waals surface area contributed by atoms with Crippen molar-refractivity contribution in [2.75, 3.05) is 24.3 Å². The average molecular weight is 335 g/mol. The molecule has 0 aliphatic carbocycles. The van der Waals surface area contributed by atoms with Crippen molar-refractivity contribution in [2.45, 2.75) is 26.5 Å². The quantitative estimate of drug-likeness (QED) is 0.708. The van der Waals surface area contributed by atoms with E-state index < -0.39 is 0 Å². The third kappa shape index (κ3) is 4.21. The molecule has 3 aromatic rings. The normalized spacial score (nSPS) is 10.9. The fourth-order valence-corrected chi connectivity index (χ4v) is 2.73. The first-order valence-electron chi connectivity index (χ1n) is 8.57. The van der Waals surface area contributed by atoms with Crippen LogP contribution in [0.4, 0.5) is 11.4 Å². The molecule has 4 heteroatoms. The van der Waals surface area contributed by atoms with Crippen molar-refractivity contribution >= 4 is 22.1 Å². The zero-order valence-corrected chi connectivity index (χ0v) is 15.3. The first kappa shape index (κ1) is 17.1. The number of nitrogens with one attached hydrogen (secondary N) is 1. The number of pyridine rings is 1. The molecule has 0 aliphatic heterocycles. The average Bonchev–Trinajstić information content (AvgIpc) is 2.59. The van der Waals surface area contributed by atoms with Gasteiger partial charge in [-0.2, -0.15) is 0 Å². The van der Waals surface area contributed by atoms with E-state index in [4.69, 9.17) is 4.74 Å². The molecule has 0 radical (unpaired) electrons. The van der Waals surface area contributed by atoms with E-state index in [1.165, 1.54) is 5.69 Å². The van der Waals surface area contributed by atoms with E-state index in [9.17, 15) is 0 Å². The number of rotatable bonds is 6. The molecule has 0 spiro atoms. The number of fused-ring (bicyclic) bond motifs is 1. The van der Waals surface area contributed by atoms with E-state index in [0.29, 0.717) is 18.5 Å². The summed E-state index contributed by atoms with van der Waals surface area (Å²) in [7, 11) is 4.07. The highest BCUT2D eigenvalue weighted by Crippen LogP contribution is 2.27. The van der Waals surface area contributed by atoms with Crippen LogP contribution in [0.5, 0.6) is 5.88 Å².